The number of nitrogens with two attached hydrogens (primary N) is 1. The third-order valence-corrected chi connectivity index (χ3v) is 6.88. The SMILES string of the molecule is CC/C=C/[C@@H](OC(N)=O)[C@@H](Cl)[C@H](O)CC(=O)[C@@H](O)[C@H](O)[C@H](C)/C(Cl)=C/C=C/C=C(C)/C=C/C=C/C(=O)NCC(O)CC(=O)O. The molecule has 44 heavy (non-hydrogen) atoms. The average Bonchev–Trinajstić information content (AvgIpc) is 2.96. The summed E-state index contributed by atoms with van der Waals surface area (Å²) in [4.78, 5) is 45.8. The van der Waals surface area contributed by atoms with Gasteiger partial charge in [-0.05, 0) is 25.5 Å². The first kappa shape index (κ1) is 40.7. The van der Waals surface area contributed by atoms with Crippen LogP contribution in [0.5, 0.6) is 0 Å². The quantitative estimate of drug-likeness (QED) is 0.0438. The van der Waals surface area contributed by atoms with E-state index in [2.05, 4.69) is 5.32 Å². The summed E-state index contributed by atoms with van der Waals surface area (Å²) >= 11 is 12.4. The maximum atomic E-state index is 12.5. The number of ketones is 1. The molecule has 0 spiro atoms. The zero-order chi connectivity index (χ0) is 33.8. The molecule has 0 fully saturated rings. The molecule has 7 atom stereocenters. The zero-order valence-corrected chi connectivity index (χ0v) is 26.3. The van der Waals surface area contributed by atoms with Crippen molar-refractivity contribution >= 4 is 47.0 Å². The number of allylic oxidation sites excluding steroid dienone is 9. The van der Waals surface area contributed by atoms with Gasteiger partial charge in [0.1, 0.15) is 17.6 Å². The predicted octanol–water partition coefficient (Wildman–Crippen LogP) is 2.39. The number of amides is 2. The van der Waals surface area contributed by atoms with Crippen LogP contribution in [0, 0.1) is 5.92 Å². The lowest BCUT2D eigenvalue weighted by atomic mass is 9.93. The molecule has 1 unspecified atom stereocenters. The molecule has 0 bridgehead atoms. The summed E-state index contributed by atoms with van der Waals surface area (Å²) in [5.41, 5.74) is 5.83. The number of rotatable bonds is 20. The van der Waals surface area contributed by atoms with E-state index in [1.54, 1.807) is 43.4 Å². The Kier molecular flexibility index (Phi) is 20.6. The number of halogens is 2. The second kappa shape index (κ2) is 22.3. The molecule has 2 amide bonds. The Labute approximate surface area is 266 Å². The van der Waals surface area contributed by atoms with Crippen LogP contribution >= 0.6 is 23.2 Å². The molecule has 0 saturated carbocycles. The van der Waals surface area contributed by atoms with E-state index in [-0.39, 0.29) is 11.6 Å². The molecule has 0 aliphatic rings. The highest BCUT2D eigenvalue weighted by molar-refractivity contribution is 6.30. The Morgan fingerprint density at radius 3 is 2.18 bits per heavy atom. The highest BCUT2D eigenvalue weighted by Crippen LogP contribution is 2.23. The van der Waals surface area contributed by atoms with Crippen LogP contribution in [0.15, 0.2) is 71.4 Å². The molecule has 0 aromatic carbocycles. The number of hydrogen-bond acceptors (Lipinski definition) is 9. The minimum absolute atomic E-state index is 0.139. The molecule has 12 nitrogen and oxygen atoms in total. The third kappa shape index (κ3) is 17.8. The van der Waals surface area contributed by atoms with Gasteiger partial charge in [-0.15, -0.1) is 11.6 Å². The molecule has 8 N–H and O–H groups in total. The normalized spacial score (nSPS) is 17.8. The fourth-order valence-corrected chi connectivity index (χ4v) is 3.79. The number of hydrogen-bond donors (Lipinski definition) is 7. The van der Waals surface area contributed by atoms with Crippen molar-refractivity contribution in [3.05, 3.63) is 71.4 Å². The lowest BCUT2D eigenvalue weighted by molar-refractivity contribution is -0.139. The average molecular weight is 662 g/mol. The minimum Gasteiger partial charge on any atom is -0.481 e. The topological polar surface area (TPSA) is 217 Å². The number of primary amides is 1. The molecular weight excluding hydrogens is 619 g/mol. The van der Waals surface area contributed by atoms with E-state index in [0.717, 1.165) is 5.57 Å². The third-order valence-electron chi connectivity index (χ3n) is 5.87. The first-order valence-electron chi connectivity index (χ1n) is 13.7. The Balaban J connectivity index is 4.99. The minimum atomic E-state index is -1.88. The van der Waals surface area contributed by atoms with Gasteiger partial charge in [-0.1, -0.05) is 73.6 Å². The summed E-state index contributed by atoms with van der Waals surface area (Å²) in [6.45, 7) is 4.93. The lowest BCUT2D eigenvalue weighted by Crippen LogP contribution is -2.43. The first-order valence-corrected chi connectivity index (χ1v) is 14.5. The molecule has 0 aromatic rings. The van der Waals surface area contributed by atoms with E-state index in [1.807, 2.05) is 6.92 Å². The number of alkyl halides is 1. The maximum Gasteiger partial charge on any atom is 0.405 e. The van der Waals surface area contributed by atoms with Gasteiger partial charge in [0, 0.05) is 30.0 Å². The van der Waals surface area contributed by atoms with E-state index in [4.69, 9.17) is 38.8 Å². The Morgan fingerprint density at radius 1 is 0.977 bits per heavy atom. The number of nitrogens with one attached hydrogen (secondary N) is 1. The van der Waals surface area contributed by atoms with Gasteiger partial charge in [-0.2, -0.15) is 0 Å². The van der Waals surface area contributed by atoms with E-state index in [9.17, 15) is 39.6 Å². The molecule has 0 saturated heterocycles. The summed E-state index contributed by atoms with van der Waals surface area (Å²) in [5, 5.41) is 50.5. The van der Waals surface area contributed by atoms with Crippen LogP contribution in [-0.4, -0.2) is 91.7 Å². The molecule has 14 heteroatoms. The monoisotopic (exact) mass is 660 g/mol. The fourth-order valence-electron chi connectivity index (χ4n) is 3.36. The van der Waals surface area contributed by atoms with Crippen LogP contribution in [0.25, 0.3) is 0 Å². The van der Waals surface area contributed by atoms with Crippen LogP contribution in [0.1, 0.15) is 40.0 Å². The van der Waals surface area contributed by atoms with Crippen molar-refractivity contribution in [1.82, 2.24) is 5.32 Å². The molecular formula is C30H42Cl2N2O10. The summed E-state index contributed by atoms with van der Waals surface area (Å²) < 4.78 is 4.87. The number of aliphatic hydroxyl groups excluding tert-OH is 4. The predicted molar refractivity (Wildman–Crippen MR) is 167 cm³/mol. The van der Waals surface area contributed by atoms with Crippen molar-refractivity contribution in [1.29, 1.82) is 0 Å². The van der Waals surface area contributed by atoms with Crippen molar-refractivity contribution in [2.24, 2.45) is 11.7 Å². The molecule has 0 aliphatic heterocycles. The van der Waals surface area contributed by atoms with E-state index in [0.29, 0.717) is 6.42 Å². The lowest BCUT2D eigenvalue weighted by Gasteiger charge is -2.26. The van der Waals surface area contributed by atoms with Gasteiger partial charge in [0.05, 0.1) is 24.7 Å². The van der Waals surface area contributed by atoms with E-state index < -0.39 is 78.4 Å². The van der Waals surface area contributed by atoms with Gasteiger partial charge in [-0.3, -0.25) is 14.4 Å². The second-order valence-electron chi connectivity index (χ2n) is 9.71. The maximum absolute atomic E-state index is 12.5. The zero-order valence-electron chi connectivity index (χ0n) is 24.8. The highest BCUT2D eigenvalue weighted by atomic mass is 35.5. The number of carboxylic acids is 1. The van der Waals surface area contributed by atoms with Gasteiger partial charge >= 0.3 is 12.1 Å². The molecule has 0 radical (unpaired) electrons. The van der Waals surface area contributed by atoms with E-state index in [1.165, 1.54) is 31.2 Å². The molecule has 0 heterocycles. The Hall–Kier alpha value is -3.26. The van der Waals surface area contributed by atoms with Crippen molar-refractivity contribution in [3.8, 4) is 0 Å². The van der Waals surface area contributed by atoms with Crippen LogP contribution in [0.3, 0.4) is 0 Å². The van der Waals surface area contributed by atoms with Crippen molar-refractivity contribution in [2.45, 2.75) is 75.9 Å². The van der Waals surface area contributed by atoms with Crippen molar-refractivity contribution < 1.29 is 49.4 Å². The fraction of sp³-hybridized carbons (Fsp3) is 0.467. The second-order valence-corrected chi connectivity index (χ2v) is 10.6. The number of aliphatic carboxylic acids is 1. The van der Waals surface area contributed by atoms with Crippen LogP contribution in [0.2, 0.25) is 0 Å². The first-order chi connectivity index (χ1) is 20.6. The van der Waals surface area contributed by atoms with Gasteiger partial charge in [0.25, 0.3) is 0 Å². The summed E-state index contributed by atoms with van der Waals surface area (Å²) in [6.07, 6.45) is 6.55. The van der Waals surface area contributed by atoms with Crippen LogP contribution < -0.4 is 11.1 Å². The number of carboxylic acid groups (broad SMARTS) is 1. The number of carbonyl (C=O) groups excluding carboxylic acids is 3. The highest BCUT2D eigenvalue weighted by Gasteiger charge is 2.34. The van der Waals surface area contributed by atoms with Crippen molar-refractivity contribution in [3.63, 3.8) is 0 Å². The van der Waals surface area contributed by atoms with E-state index >= 15 is 0 Å². The van der Waals surface area contributed by atoms with Crippen LogP contribution in [0.4, 0.5) is 4.79 Å². The van der Waals surface area contributed by atoms with Gasteiger partial charge in [0.15, 0.2) is 5.78 Å². The Bertz CT molecular complexity index is 1130. The van der Waals surface area contributed by atoms with Crippen LogP contribution in [-0.2, 0) is 19.1 Å². The summed E-state index contributed by atoms with van der Waals surface area (Å²) in [5.74, 6) is -3.41. The number of carbonyl (C=O) groups is 4. The van der Waals surface area contributed by atoms with Gasteiger partial charge in [0.2, 0.25) is 5.91 Å². The summed E-state index contributed by atoms with van der Waals surface area (Å²) in [6, 6.07) is 0. The largest absolute Gasteiger partial charge is 0.481 e. The van der Waals surface area contributed by atoms with Gasteiger partial charge < -0.3 is 41.3 Å². The molecule has 0 aliphatic carbocycles. The number of aliphatic hydroxyl groups is 4. The molecule has 0 aromatic heterocycles. The van der Waals surface area contributed by atoms with Gasteiger partial charge in [-0.25, -0.2) is 4.79 Å². The summed E-state index contributed by atoms with van der Waals surface area (Å²) in [7, 11) is 0. The van der Waals surface area contributed by atoms with Crippen molar-refractivity contribution in [2.75, 3.05) is 6.54 Å². The number of Topliss-reactive ketones (excluding diaryl/α,β-unsaturated/α-hetero) is 1. The standard InChI is InChI=1S/C30H42Cl2N2O10/c1-4-5-13-24(44-30(33)43)27(32)22(36)16-23(37)29(42)28(41)19(3)21(31)12-8-6-10-18(2)11-7-9-14-25(38)34-17-20(35)15-26(39)40/h5-14,19-20,22,24,27-29,35-36,41-42H,4,15-17H2,1-3H3,(H2,33,43)(H,34,38)(H,39,40)/b8-6+,11-7+,13-5+,14-9+,18-10+,21-12-/t19-,20?,22-,24-,27+,28-,29-/m1/s1. The smallest absolute Gasteiger partial charge is 0.405 e. The Morgan fingerprint density at radius 2 is 1.59 bits per heavy atom. The number of ether oxygens (including phenoxy) is 1. The molecule has 246 valence electrons. The molecule has 0 rings (SSSR count).